The second kappa shape index (κ2) is 11.5. The van der Waals surface area contributed by atoms with E-state index in [1.54, 1.807) is 6.07 Å². The lowest BCUT2D eigenvalue weighted by Crippen LogP contribution is -2.00. The number of rotatable bonds is 11. The fourth-order valence-corrected chi connectivity index (χ4v) is 4.64. The molecule has 0 bridgehead atoms. The van der Waals surface area contributed by atoms with Crippen LogP contribution in [0.4, 0.5) is 17.1 Å². The Balaban J connectivity index is 1.96. The van der Waals surface area contributed by atoms with Crippen molar-refractivity contribution in [2.75, 3.05) is 12.3 Å². The standard InChI is InChI=1S/C19H19N3O11S3/c20-14-5-4-12-9-13(35(25,26)27)10-16(23)18(12)19(14)22-21-15-6-3-11(8-17(15)36(28,29)30)2-1-7-31-34-33-32-24/h3-6,8-10,23-24H,1-2,7,20H2,(H,25,26,27)(H,28,29,30). The summed E-state index contributed by atoms with van der Waals surface area (Å²) in [6, 6.07) is 8.69. The lowest BCUT2D eigenvalue weighted by molar-refractivity contribution is -0.434. The summed E-state index contributed by atoms with van der Waals surface area (Å²) in [4.78, 5) is -1.09. The van der Waals surface area contributed by atoms with Crippen LogP contribution in [0.5, 0.6) is 5.75 Å². The third kappa shape index (κ3) is 6.87. The maximum atomic E-state index is 12.0. The van der Waals surface area contributed by atoms with Crippen LogP contribution in [0, 0.1) is 0 Å². The highest BCUT2D eigenvalue weighted by atomic mass is 32.2. The summed E-state index contributed by atoms with van der Waals surface area (Å²) in [5.41, 5.74) is 6.17. The van der Waals surface area contributed by atoms with E-state index >= 15 is 0 Å². The summed E-state index contributed by atoms with van der Waals surface area (Å²) in [6.07, 6.45) is 0.770. The summed E-state index contributed by atoms with van der Waals surface area (Å²) in [7, 11) is -9.32. The van der Waals surface area contributed by atoms with Crippen LogP contribution < -0.4 is 5.73 Å². The number of hydrogen-bond donors (Lipinski definition) is 5. The number of nitrogen functional groups attached to an aromatic ring is 1. The monoisotopic (exact) mass is 561 g/mol. The fraction of sp³-hybridized carbons (Fsp3) is 0.158. The molecule has 36 heavy (non-hydrogen) atoms. The van der Waals surface area contributed by atoms with Crippen LogP contribution in [-0.4, -0.2) is 42.9 Å². The predicted octanol–water partition coefficient (Wildman–Crippen LogP) is 3.97. The molecule has 3 aromatic carbocycles. The summed E-state index contributed by atoms with van der Waals surface area (Å²) in [5.74, 6) is -0.567. The molecule has 0 aliphatic heterocycles. The zero-order chi connectivity index (χ0) is 26.5. The number of fused-ring (bicyclic) bond motifs is 1. The van der Waals surface area contributed by atoms with E-state index in [4.69, 9.17) is 15.2 Å². The summed E-state index contributed by atoms with van der Waals surface area (Å²) in [5, 5.41) is 29.7. The largest absolute Gasteiger partial charge is 0.507 e. The van der Waals surface area contributed by atoms with Gasteiger partial charge in [-0.3, -0.25) is 13.3 Å². The average Bonchev–Trinajstić information content (AvgIpc) is 2.80. The fourth-order valence-electron chi connectivity index (χ4n) is 3.18. The number of hydrogen-bond acceptors (Lipinski definition) is 13. The first-order valence-electron chi connectivity index (χ1n) is 9.73. The van der Waals surface area contributed by atoms with Gasteiger partial charge in [0.2, 0.25) is 0 Å². The van der Waals surface area contributed by atoms with Crippen molar-refractivity contribution >= 4 is 60.4 Å². The number of anilines is 1. The molecule has 3 rings (SSSR count). The maximum absolute atomic E-state index is 12.0. The molecule has 0 atom stereocenters. The Labute approximate surface area is 209 Å². The number of nitrogens with zero attached hydrogens (tertiary/aromatic N) is 2. The van der Waals surface area contributed by atoms with E-state index in [9.17, 15) is 31.0 Å². The first-order chi connectivity index (χ1) is 16.9. The van der Waals surface area contributed by atoms with Crippen molar-refractivity contribution in [3.63, 3.8) is 0 Å². The van der Waals surface area contributed by atoms with Crippen LogP contribution in [-0.2, 0) is 40.2 Å². The molecular formula is C19H19N3O11S3. The van der Waals surface area contributed by atoms with Crippen LogP contribution >= 0.6 is 12.3 Å². The summed E-state index contributed by atoms with van der Waals surface area (Å²) >= 11 is 0.402. The van der Waals surface area contributed by atoms with Gasteiger partial charge in [-0.1, -0.05) is 17.2 Å². The predicted molar refractivity (Wildman–Crippen MR) is 127 cm³/mol. The Morgan fingerprint density at radius 2 is 1.72 bits per heavy atom. The Morgan fingerprint density at radius 3 is 2.39 bits per heavy atom. The zero-order valence-electron chi connectivity index (χ0n) is 18.0. The molecule has 0 saturated carbocycles. The normalized spacial score (nSPS) is 12.5. The molecule has 6 N–H and O–H groups in total. The van der Waals surface area contributed by atoms with Gasteiger partial charge in [0.05, 0.1) is 22.6 Å². The summed E-state index contributed by atoms with van der Waals surface area (Å²) < 4.78 is 74.7. The molecule has 0 spiro atoms. The lowest BCUT2D eigenvalue weighted by atomic mass is 10.1. The SMILES string of the molecule is Nc1ccc2cc(S(=O)(=O)O)cc(O)c2c1N=Nc1ccc(CCCOSOOO)cc1S(=O)(=O)O. The molecule has 0 unspecified atom stereocenters. The van der Waals surface area contributed by atoms with Gasteiger partial charge in [0, 0.05) is 6.07 Å². The Morgan fingerprint density at radius 1 is 0.972 bits per heavy atom. The van der Waals surface area contributed by atoms with Gasteiger partial charge in [-0.2, -0.15) is 16.8 Å². The van der Waals surface area contributed by atoms with E-state index in [0.29, 0.717) is 30.7 Å². The molecule has 17 heteroatoms. The first-order valence-corrected chi connectivity index (χ1v) is 13.3. The smallest absolute Gasteiger partial charge is 0.296 e. The Kier molecular flexibility index (Phi) is 8.82. The number of nitrogens with two attached hydrogens (primary N) is 1. The average molecular weight is 562 g/mol. The van der Waals surface area contributed by atoms with Crippen molar-refractivity contribution in [3.05, 3.63) is 48.0 Å². The van der Waals surface area contributed by atoms with E-state index in [2.05, 4.69) is 19.6 Å². The van der Waals surface area contributed by atoms with Crippen LogP contribution in [0.2, 0.25) is 0 Å². The molecule has 0 aliphatic carbocycles. The number of phenolic OH excluding ortho intramolecular Hbond substituents is 1. The van der Waals surface area contributed by atoms with E-state index in [1.165, 1.54) is 24.3 Å². The van der Waals surface area contributed by atoms with Gasteiger partial charge in [0.25, 0.3) is 20.2 Å². The second-order valence-electron chi connectivity index (χ2n) is 7.13. The number of aromatic hydroxyl groups is 1. The number of phenols is 1. The topological polar surface area (TPSA) is 228 Å². The molecule has 0 aromatic heterocycles. The van der Waals surface area contributed by atoms with E-state index in [1.807, 2.05) is 0 Å². The number of benzene rings is 3. The van der Waals surface area contributed by atoms with Gasteiger partial charge in [0.15, 0.2) is 12.3 Å². The van der Waals surface area contributed by atoms with Crippen molar-refractivity contribution in [1.82, 2.24) is 0 Å². The molecule has 0 radical (unpaired) electrons. The van der Waals surface area contributed by atoms with Crippen molar-refractivity contribution < 1.29 is 49.9 Å². The zero-order valence-corrected chi connectivity index (χ0v) is 20.5. The highest BCUT2D eigenvalue weighted by Gasteiger charge is 2.19. The van der Waals surface area contributed by atoms with E-state index in [-0.39, 0.29) is 34.4 Å². The minimum atomic E-state index is -4.71. The second-order valence-corrected chi connectivity index (χ2v) is 10.5. The van der Waals surface area contributed by atoms with Gasteiger partial charge >= 0.3 is 0 Å². The van der Waals surface area contributed by atoms with Crippen molar-refractivity contribution in [2.24, 2.45) is 10.2 Å². The highest BCUT2D eigenvalue weighted by molar-refractivity contribution is 7.89. The van der Waals surface area contributed by atoms with Crippen LogP contribution in [0.3, 0.4) is 0 Å². The van der Waals surface area contributed by atoms with Crippen LogP contribution in [0.1, 0.15) is 12.0 Å². The molecular weight excluding hydrogens is 542 g/mol. The maximum Gasteiger partial charge on any atom is 0.296 e. The van der Waals surface area contributed by atoms with E-state index in [0.717, 1.165) is 12.1 Å². The molecule has 0 amide bonds. The molecule has 14 nitrogen and oxygen atoms in total. The number of aryl methyl sites for hydroxylation is 1. The third-order valence-electron chi connectivity index (χ3n) is 4.73. The Hall–Kier alpha value is -2.87. The van der Waals surface area contributed by atoms with Crippen LogP contribution in [0.15, 0.2) is 62.5 Å². The molecule has 194 valence electrons. The quantitative estimate of drug-likeness (QED) is 0.0425. The highest BCUT2D eigenvalue weighted by Crippen LogP contribution is 2.40. The minimum Gasteiger partial charge on any atom is -0.507 e. The van der Waals surface area contributed by atoms with Gasteiger partial charge in [-0.25, -0.2) is 5.26 Å². The molecule has 0 saturated heterocycles. The third-order valence-corrected chi connectivity index (χ3v) is 6.82. The van der Waals surface area contributed by atoms with Gasteiger partial charge in [-0.05, 0) is 48.1 Å². The first kappa shape index (κ1) is 27.7. The molecule has 0 heterocycles. The van der Waals surface area contributed by atoms with Crippen LogP contribution in [0.25, 0.3) is 10.8 Å². The van der Waals surface area contributed by atoms with Gasteiger partial charge in [-0.15, -0.1) is 14.6 Å². The summed E-state index contributed by atoms with van der Waals surface area (Å²) in [6.45, 7) is 0.167. The molecule has 0 fully saturated rings. The van der Waals surface area contributed by atoms with Gasteiger partial charge in [0.1, 0.15) is 22.0 Å². The molecule has 3 aromatic rings. The van der Waals surface area contributed by atoms with Gasteiger partial charge < -0.3 is 10.8 Å². The Bertz CT molecular complexity index is 1510. The number of azo groups is 1. The van der Waals surface area contributed by atoms with E-state index < -0.39 is 35.8 Å². The lowest BCUT2D eigenvalue weighted by Gasteiger charge is -2.09. The minimum absolute atomic E-state index is 0.00428. The van der Waals surface area contributed by atoms with Crippen molar-refractivity contribution in [2.45, 2.75) is 22.6 Å². The molecule has 0 aliphatic rings. The van der Waals surface area contributed by atoms with Crippen molar-refractivity contribution in [3.8, 4) is 5.75 Å². The van der Waals surface area contributed by atoms with Crippen molar-refractivity contribution in [1.29, 1.82) is 0 Å².